The smallest absolute Gasteiger partial charge is 0.164 e. The maximum absolute atomic E-state index is 5.45. The second kappa shape index (κ2) is 5.38. The van der Waals surface area contributed by atoms with E-state index in [-0.39, 0.29) is 0 Å². The van der Waals surface area contributed by atoms with Crippen molar-refractivity contribution in [3.05, 3.63) is 23.3 Å². The SMILES string of the molecule is CONC1CCc2c(ccc(OC)c2OC)C1. The summed E-state index contributed by atoms with van der Waals surface area (Å²) >= 11 is 0. The summed E-state index contributed by atoms with van der Waals surface area (Å²) in [6, 6.07) is 4.46. The Kier molecular flexibility index (Phi) is 3.86. The van der Waals surface area contributed by atoms with Crippen LogP contribution in [0.4, 0.5) is 0 Å². The van der Waals surface area contributed by atoms with Gasteiger partial charge in [0, 0.05) is 11.6 Å². The minimum absolute atomic E-state index is 0.380. The number of methoxy groups -OCH3 is 2. The van der Waals surface area contributed by atoms with E-state index in [2.05, 4.69) is 11.5 Å². The minimum Gasteiger partial charge on any atom is -0.493 e. The maximum Gasteiger partial charge on any atom is 0.164 e. The molecular formula is C13H19NO3. The van der Waals surface area contributed by atoms with Crippen molar-refractivity contribution in [2.45, 2.75) is 25.3 Å². The van der Waals surface area contributed by atoms with E-state index in [1.165, 1.54) is 11.1 Å². The largest absolute Gasteiger partial charge is 0.493 e. The molecule has 4 heteroatoms. The molecule has 1 N–H and O–H groups in total. The second-order valence-corrected chi connectivity index (χ2v) is 4.20. The summed E-state index contributed by atoms with van der Waals surface area (Å²) in [7, 11) is 5.02. The fourth-order valence-electron chi connectivity index (χ4n) is 2.45. The summed E-state index contributed by atoms with van der Waals surface area (Å²) in [6.45, 7) is 0. The van der Waals surface area contributed by atoms with E-state index in [1.807, 2.05) is 6.07 Å². The molecular weight excluding hydrogens is 218 g/mol. The van der Waals surface area contributed by atoms with Crippen molar-refractivity contribution < 1.29 is 14.3 Å². The molecule has 17 heavy (non-hydrogen) atoms. The van der Waals surface area contributed by atoms with Gasteiger partial charge in [0.2, 0.25) is 0 Å². The van der Waals surface area contributed by atoms with Gasteiger partial charge in [0.15, 0.2) is 11.5 Å². The lowest BCUT2D eigenvalue weighted by molar-refractivity contribution is 0.0564. The molecule has 0 saturated carbocycles. The third-order valence-electron chi connectivity index (χ3n) is 3.24. The molecule has 1 aromatic carbocycles. The number of rotatable bonds is 4. The molecule has 2 rings (SSSR count). The third kappa shape index (κ3) is 2.37. The van der Waals surface area contributed by atoms with Crippen LogP contribution in [0.1, 0.15) is 17.5 Å². The van der Waals surface area contributed by atoms with Crippen LogP contribution >= 0.6 is 0 Å². The van der Waals surface area contributed by atoms with Gasteiger partial charge in [0.1, 0.15) is 0 Å². The van der Waals surface area contributed by atoms with Crippen molar-refractivity contribution in [2.75, 3.05) is 21.3 Å². The molecule has 0 heterocycles. The number of hydroxylamine groups is 1. The topological polar surface area (TPSA) is 39.7 Å². The zero-order valence-electron chi connectivity index (χ0n) is 10.6. The van der Waals surface area contributed by atoms with Crippen molar-refractivity contribution in [1.82, 2.24) is 5.48 Å². The predicted octanol–water partition coefficient (Wildman–Crippen LogP) is 1.71. The molecule has 1 aliphatic carbocycles. The summed E-state index contributed by atoms with van der Waals surface area (Å²) in [5.41, 5.74) is 5.59. The first-order valence-electron chi connectivity index (χ1n) is 5.81. The number of nitrogens with one attached hydrogen (secondary N) is 1. The zero-order chi connectivity index (χ0) is 12.3. The van der Waals surface area contributed by atoms with E-state index in [9.17, 15) is 0 Å². The lowest BCUT2D eigenvalue weighted by Gasteiger charge is -2.26. The molecule has 0 spiro atoms. The highest BCUT2D eigenvalue weighted by Gasteiger charge is 2.23. The summed E-state index contributed by atoms with van der Waals surface area (Å²) < 4.78 is 10.8. The lowest BCUT2D eigenvalue weighted by Crippen LogP contribution is -2.33. The van der Waals surface area contributed by atoms with Gasteiger partial charge < -0.3 is 14.3 Å². The molecule has 94 valence electrons. The molecule has 0 radical (unpaired) electrons. The van der Waals surface area contributed by atoms with E-state index in [0.29, 0.717) is 6.04 Å². The Labute approximate surface area is 102 Å². The molecule has 0 aromatic heterocycles. The Morgan fingerprint density at radius 3 is 2.65 bits per heavy atom. The Bertz CT molecular complexity index is 392. The van der Waals surface area contributed by atoms with Crippen molar-refractivity contribution >= 4 is 0 Å². The van der Waals surface area contributed by atoms with Crippen molar-refractivity contribution in [1.29, 1.82) is 0 Å². The Morgan fingerprint density at radius 2 is 2.00 bits per heavy atom. The molecule has 0 saturated heterocycles. The third-order valence-corrected chi connectivity index (χ3v) is 3.24. The van der Waals surface area contributed by atoms with Crippen LogP contribution in [0.25, 0.3) is 0 Å². The van der Waals surface area contributed by atoms with Gasteiger partial charge in [-0.25, -0.2) is 0 Å². The number of benzene rings is 1. The van der Waals surface area contributed by atoms with Crippen LogP contribution in [0.5, 0.6) is 11.5 Å². The fourth-order valence-corrected chi connectivity index (χ4v) is 2.45. The van der Waals surface area contributed by atoms with Gasteiger partial charge in [0.05, 0.1) is 21.3 Å². The van der Waals surface area contributed by atoms with Crippen molar-refractivity contribution in [2.24, 2.45) is 0 Å². The van der Waals surface area contributed by atoms with Gasteiger partial charge in [-0.2, -0.15) is 5.48 Å². The van der Waals surface area contributed by atoms with E-state index >= 15 is 0 Å². The number of ether oxygens (including phenoxy) is 2. The van der Waals surface area contributed by atoms with Crippen molar-refractivity contribution in [3.8, 4) is 11.5 Å². The van der Waals surface area contributed by atoms with Gasteiger partial charge in [-0.15, -0.1) is 0 Å². The van der Waals surface area contributed by atoms with Crippen LogP contribution < -0.4 is 15.0 Å². The molecule has 4 nitrogen and oxygen atoms in total. The normalized spacial score (nSPS) is 18.6. The summed E-state index contributed by atoms with van der Waals surface area (Å²) in [5.74, 6) is 1.69. The van der Waals surface area contributed by atoms with Gasteiger partial charge in [-0.05, 0) is 30.9 Å². The fraction of sp³-hybridized carbons (Fsp3) is 0.538. The van der Waals surface area contributed by atoms with Gasteiger partial charge >= 0.3 is 0 Å². The number of hydrogen-bond donors (Lipinski definition) is 1. The number of hydrogen-bond acceptors (Lipinski definition) is 4. The van der Waals surface area contributed by atoms with Crippen LogP contribution in [-0.4, -0.2) is 27.4 Å². The predicted molar refractivity (Wildman–Crippen MR) is 65.5 cm³/mol. The zero-order valence-corrected chi connectivity index (χ0v) is 10.6. The van der Waals surface area contributed by atoms with Crippen LogP contribution in [0.2, 0.25) is 0 Å². The molecule has 1 aromatic rings. The van der Waals surface area contributed by atoms with Crippen LogP contribution in [-0.2, 0) is 17.7 Å². The average molecular weight is 237 g/mol. The standard InChI is InChI=1S/C13H19NO3/c1-15-12-7-4-9-8-10(14-17-3)5-6-11(9)13(12)16-2/h4,7,10,14H,5-6,8H2,1-3H3. The van der Waals surface area contributed by atoms with E-state index in [1.54, 1.807) is 21.3 Å². The van der Waals surface area contributed by atoms with E-state index < -0.39 is 0 Å². The second-order valence-electron chi connectivity index (χ2n) is 4.20. The number of fused-ring (bicyclic) bond motifs is 1. The highest BCUT2D eigenvalue weighted by atomic mass is 16.6. The summed E-state index contributed by atoms with van der Waals surface area (Å²) in [4.78, 5) is 4.99. The molecule has 1 aliphatic rings. The Hall–Kier alpha value is -1.26. The first kappa shape index (κ1) is 12.2. The molecule has 1 unspecified atom stereocenters. The highest BCUT2D eigenvalue weighted by molar-refractivity contribution is 5.52. The molecule has 1 atom stereocenters. The lowest BCUT2D eigenvalue weighted by atomic mass is 9.88. The van der Waals surface area contributed by atoms with Gasteiger partial charge in [0.25, 0.3) is 0 Å². The minimum atomic E-state index is 0.380. The van der Waals surface area contributed by atoms with Gasteiger partial charge in [-0.1, -0.05) is 6.07 Å². The summed E-state index contributed by atoms with van der Waals surface area (Å²) in [6.07, 6.45) is 2.99. The summed E-state index contributed by atoms with van der Waals surface area (Å²) in [5, 5.41) is 0. The average Bonchev–Trinajstić information content (AvgIpc) is 2.37. The monoisotopic (exact) mass is 237 g/mol. The molecule has 0 aliphatic heterocycles. The van der Waals surface area contributed by atoms with Crippen LogP contribution in [0.15, 0.2) is 12.1 Å². The molecule has 0 fully saturated rings. The van der Waals surface area contributed by atoms with Crippen LogP contribution in [0, 0.1) is 0 Å². The highest BCUT2D eigenvalue weighted by Crippen LogP contribution is 2.37. The van der Waals surface area contributed by atoms with E-state index in [0.717, 1.165) is 30.8 Å². The molecule has 0 bridgehead atoms. The van der Waals surface area contributed by atoms with Gasteiger partial charge in [-0.3, -0.25) is 0 Å². The first-order chi connectivity index (χ1) is 8.30. The molecule has 0 amide bonds. The van der Waals surface area contributed by atoms with E-state index in [4.69, 9.17) is 14.3 Å². The quantitative estimate of drug-likeness (QED) is 0.809. The Balaban J connectivity index is 2.29. The first-order valence-corrected chi connectivity index (χ1v) is 5.81. The van der Waals surface area contributed by atoms with Crippen LogP contribution in [0.3, 0.4) is 0 Å². The maximum atomic E-state index is 5.45. The van der Waals surface area contributed by atoms with Crippen molar-refractivity contribution in [3.63, 3.8) is 0 Å². The Morgan fingerprint density at radius 1 is 1.18 bits per heavy atom.